The summed E-state index contributed by atoms with van der Waals surface area (Å²) in [5, 5.41) is 43.5. The molecule has 0 radical (unpaired) electrons. The number of rotatable bonds is 5. The van der Waals surface area contributed by atoms with Crippen LogP contribution < -0.4 is 0 Å². The van der Waals surface area contributed by atoms with Crippen molar-refractivity contribution in [2.45, 2.75) is 24.4 Å². The van der Waals surface area contributed by atoms with Gasteiger partial charge >= 0.3 is 0 Å². The van der Waals surface area contributed by atoms with Gasteiger partial charge in [-0.3, -0.25) is 0 Å². The second kappa shape index (κ2) is 5.18. The number of hydrogen-bond donors (Lipinski definition) is 5. The molecule has 4 atom stereocenters. The summed E-state index contributed by atoms with van der Waals surface area (Å²) in [4.78, 5) is 9.90. The molecule has 0 bridgehead atoms. The molecule has 0 saturated heterocycles. The number of hydrogen-bond acceptors (Lipinski definition) is 6. The van der Waals surface area contributed by atoms with Crippen LogP contribution >= 0.6 is 0 Å². The molecule has 0 aliphatic rings. The minimum atomic E-state index is -1.79. The summed E-state index contributed by atoms with van der Waals surface area (Å²) in [6.07, 6.45) is -6.84. The normalized spacial score (nSPS) is 21.1. The molecule has 0 rings (SSSR count). The maximum absolute atomic E-state index is 9.90. The van der Waals surface area contributed by atoms with Crippen LogP contribution in [0, 0.1) is 0 Å². The van der Waals surface area contributed by atoms with Gasteiger partial charge in [-0.1, -0.05) is 0 Å². The lowest BCUT2D eigenvalue weighted by Gasteiger charge is -2.22. The summed E-state index contributed by atoms with van der Waals surface area (Å²) in [7, 11) is 0. The minimum Gasteiger partial charge on any atom is -0.394 e. The molecule has 0 spiro atoms. The Morgan fingerprint density at radius 1 is 1.08 bits per heavy atom. The molecule has 0 fully saturated rings. The van der Waals surface area contributed by atoms with Crippen LogP contribution in [0.15, 0.2) is 0 Å². The maximum Gasteiger partial charge on any atom is 0.151 e. The average molecular weight is 181 g/mol. The van der Waals surface area contributed by atoms with Crippen LogP contribution in [0.25, 0.3) is 0 Å². The second-order valence-electron chi connectivity index (χ2n) is 2.36. The zero-order valence-corrected chi connectivity index (χ0v) is 6.24. The first kappa shape index (κ1) is 11.5. The molecule has 72 valence electrons. The largest absolute Gasteiger partial charge is 0.394 e. The molecule has 0 aromatic rings. The summed E-state index contributed by atoms with van der Waals surface area (Å²) in [5.41, 5.74) is 0. The smallest absolute Gasteiger partial charge is 0.151 e. The Labute approximate surface area is 68.7 Å². The van der Waals surface area contributed by atoms with Crippen molar-refractivity contribution in [2.24, 2.45) is 0 Å². The van der Waals surface area contributed by atoms with Crippen LogP contribution in [0.4, 0.5) is 0 Å². The summed E-state index contributed by atoms with van der Waals surface area (Å²) in [6, 6.07) is 0. The van der Waals surface area contributed by atoms with Gasteiger partial charge in [0.2, 0.25) is 0 Å². The molecule has 6 heteroatoms. The molecule has 5 N–H and O–H groups in total. The lowest BCUT2D eigenvalue weighted by molar-refractivity contribution is -0.136. The topological polar surface area (TPSA) is 118 Å². The quantitative estimate of drug-likeness (QED) is 0.223. The zero-order valence-electron chi connectivity index (χ0n) is 6.24. The van der Waals surface area contributed by atoms with Crippen molar-refractivity contribution in [3.8, 4) is 0 Å². The fraction of sp³-hybridized carbons (Fsp3) is 0.833. The Balaban J connectivity index is 4.07. The summed E-state index contributed by atoms with van der Waals surface area (Å²) >= 11 is 0. The van der Waals surface area contributed by atoms with Crippen LogP contribution in [-0.4, -0.2) is 62.8 Å². The summed E-state index contributed by atoms with van der Waals surface area (Å²) in [6.45, 7) is -0.760. The molecule has 0 saturated carbocycles. The number of aldehydes is 1. The van der Waals surface area contributed by atoms with E-state index in [1.54, 1.807) is 0 Å². The van der Waals surface area contributed by atoms with E-state index in [4.69, 9.17) is 25.5 Å². The van der Waals surface area contributed by atoms with E-state index in [0.717, 1.165) is 0 Å². The molecule has 0 unspecified atom stereocenters. The first-order chi connectivity index (χ1) is 5.54. The van der Waals surface area contributed by atoms with E-state index in [9.17, 15) is 4.79 Å². The Hall–Kier alpha value is -0.530. The fourth-order valence-corrected chi connectivity index (χ4v) is 0.618. The Morgan fingerprint density at radius 3 is 1.92 bits per heavy atom. The van der Waals surface area contributed by atoms with Gasteiger partial charge in [-0.15, -0.1) is 0 Å². The Morgan fingerprint density at radius 2 is 1.58 bits per heavy atom. The van der Waals surface area contributed by atoms with Gasteiger partial charge in [-0.2, -0.15) is 0 Å². The first-order valence-corrected chi connectivity index (χ1v) is 3.33. The van der Waals surface area contributed by atoms with Gasteiger partial charge in [0, 0.05) is 0 Å². The summed E-state index contributed by atoms with van der Waals surface area (Å²) in [5.74, 6) is 0. The average Bonchev–Trinajstić information content (AvgIpc) is 2.12. The van der Waals surface area contributed by atoms with Gasteiger partial charge in [0.1, 0.15) is 24.4 Å². The van der Waals surface area contributed by atoms with Crippen LogP contribution in [0.5, 0.6) is 0 Å². The molecule has 0 aromatic heterocycles. The zero-order chi connectivity index (χ0) is 9.72. The van der Waals surface area contributed by atoms with E-state index in [1.165, 1.54) is 0 Å². The minimum absolute atomic E-state index is 0.0258. The molecule has 12 heavy (non-hydrogen) atoms. The monoisotopic (exact) mass is 181 g/mol. The van der Waals surface area contributed by atoms with Crippen molar-refractivity contribution in [1.82, 2.24) is 0 Å². The van der Waals surface area contributed by atoms with Gasteiger partial charge in [0.15, 0.2) is 6.29 Å². The standard InChI is InChI=1S/C6H12O6/c7-1-3(9)5(11)6(12)4(10)2-8/h1,3-6,8-12H,2H2/t3-,4+,5+,6+/m1/s1/i5+1. The van der Waals surface area contributed by atoms with Gasteiger partial charge in [-0.25, -0.2) is 0 Å². The highest BCUT2D eigenvalue weighted by molar-refractivity contribution is 5.56. The van der Waals surface area contributed by atoms with Crippen molar-refractivity contribution >= 4 is 6.29 Å². The van der Waals surface area contributed by atoms with Gasteiger partial charge in [0.05, 0.1) is 6.61 Å². The predicted octanol–water partition coefficient (Wildman–Crippen LogP) is -3.38. The van der Waals surface area contributed by atoms with E-state index >= 15 is 0 Å². The Kier molecular flexibility index (Phi) is 4.95. The number of carbonyl (C=O) groups is 1. The third-order valence-electron chi connectivity index (χ3n) is 1.42. The molecule has 6 nitrogen and oxygen atoms in total. The number of aliphatic hydroxyl groups is 5. The van der Waals surface area contributed by atoms with Crippen LogP contribution in [0.1, 0.15) is 0 Å². The molecule has 0 aromatic carbocycles. The second-order valence-corrected chi connectivity index (χ2v) is 2.36. The van der Waals surface area contributed by atoms with Crippen molar-refractivity contribution in [1.29, 1.82) is 0 Å². The van der Waals surface area contributed by atoms with Gasteiger partial charge in [0.25, 0.3) is 0 Å². The van der Waals surface area contributed by atoms with Crippen LogP contribution in [0.3, 0.4) is 0 Å². The van der Waals surface area contributed by atoms with E-state index in [-0.39, 0.29) is 6.29 Å². The Bertz CT molecular complexity index is 138. The maximum atomic E-state index is 9.90. The predicted molar refractivity (Wildman–Crippen MR) is 37.2 cm³/mol. The van der Waals surface area contributed by atoms with Crippen molar-refractivity contribution < 1.29 is 30.3 Å². The highest BCUT2D eigenvalue weighted by atomic mass is 16.4. The van der Waals surface area contributed by atoms with Crippen LogP contribution in [-0.2, 0) is 4.79 Å². The summed E-state index contributed by atoms with van der Waals surface area (Å²) < 4.78 is 0. The molecule has 0 amide bonds. The van der Waals surface area contributed by atoms with Crippen molar-refractivity contribution in [2.75, 3.05) is 6.61 Å². The molecule has 0 aliphatic heterocycles. The first-order valence-electron chi connectivity index (χ1n) is 3.33. The SMILES string of the molecule is O=C[C@@H](O)[13C@H](O)[C@@H](O)[C@@H](O)CO. The van der Waals surface area contributed by atoms with Gasteiger partial charge < -0.3 is 30.3 Å². The van der Waals surface area contributed by atoms with E-state index < -0.39 is 31.0 Å². The third-order valence-corrected chi connectivity index (χ3v) is 1.42. The lowest BCUT2D eigenvalue weighted by Crippen LogP contribution is -2.46. The van der Waals surface area contributed by atoms with Crippen LogP contribution in [0.2, 0.25) is 0 Å². The number of aliphatic hydroxyl groups excluding tert-OH is 5. The highest BCUT2D eigenvalue weighted by Crippen LogP contribution is 2.02. The van der Waals surface area contributed by atoms with E-state index in [0.29, 0.717) is 0 Å². The molecular formula is C6H12O6. The molecule has 0 aliphatic carbocycles. The fourth-order valence-electron chi connectivity index (χ4n) is 0.618. The lowest BCUT2D eigenvalue weighted by atomic mass is 10.2. The van der Waals surface area contributed by atoms with Crippen molar-refractivity contribution in [3.63, 3.8) is 0 Å². The van der Waals surface area contributed by atoms with Gasteiger partial charge in [-0.05, 0) is 0 Å². The van der Waals surface area contributed by atoms with Crippen molar-refractivity contribution in [3.05, 3.63) is 0 Å². The molecular weight excluding hydrogens is 169 g/mol. The number of carbonyl (C=O) groups excluding carboxylic acids is 1. The van der Waals surface area contributed by atoms with E-state index in [2.05, 4.69) is 0 Å². The third kappa shape index (κ3) is 2.84. The van der Waals surface area contributed by atoms with E-state index in [1.807, 2.05) is 0 Å². The highest BCUT2D eigenvalue weighted by Gasteiger charge is 2.29. The molecule has 0 heterocycles.